The van der Waals surface area contributed by atoms with E-state index in [1.54, 1.807) is 18.2 Å². The minimum absolute atomic E-state index is 0.0767. The van der Waals surface area contributed by atoms with Gasteiger partial charge in [-0.2, -0.15) is 0 Å². The Labute approximate surface area is 223 Å². The van der Waals surface area contributed by atoms with Crippen molar-refractivity contribution in [2.24, 2.45) is 0 Å². The van der Waals surface area contributed by atoms with E-state index in [1.807, 2.05) is 61.5 Å². The van der Waals surface area contributed by atoms with Gasteiger partial charge in [-0.05, 0) is 43.2 Å². The van der Waals surface area contributed by atoms with Gasteiger partial charge in [0.05, 0.1) is 0 Å². The number of carbonyl (C=O) groups is 2. The van der Waals surface area contributed by atoms with Crippen LogP contribution in [0.3, 0.4) is 0 Å². The SMILES string of the molecule is CCCCNC(=O)C(Cc1ccccc1)N(Cc1c(Cl)cccc1Cl)C(=O)COc1ccc(C)cc1. The molecular weight excluding hydrogens is 495 g/mol. The molecule has 7 heteroatoms. The minimum atomic E-state index is -0.772. The van der Waals surface area contributed by atoms with Crippen molar-refractivity contribution in [3.05, 3.63) is 99.5 Å². The molecule has 0 bridgehead atoms. The van der Waals surface area contributed by atoms with Crippen LogP contribution in [0.2, 0.25) is 10.0 Å². The van der Waals surface area contributed by atoms with Crippen LogP contribution in [0.4, 0.5) is 0 Å². The van der Waals surface area contributed by atoms with E-state index in [-0.39, 0.29) is 25.0 Å². The van der Waals surface area contributed by atoms with Crippen LogP contribution in [0.15, 0.2) is 72.8 Å². The van der Waals surface area contributed by atoms with Crippen LogP contribution in [-0.2, 0) is 22.6 Å². The summed E-state index contributed by atoms with van der Waals surface area (Å²) in [5.74, 6) is 0.0222. The molecule has 1 N–H and O–H groups in total. The maximum atomic E-state index is 13.6. The molecule has 0 fully saturated rings. The van der Waals surface area contributed by atoms with E-state index in [0.717, 1.165) is 24.0 Å². The molecule has 0 radical (unpaired) electrons. The molecule has 3 rings (SSSR count). The highest BCUT2D eigenvalue weighted by Crippen LogP contribution is 2.27. The zero-order valence-corrected chi connectivity index (χ0v) is 22.2. The number of rotatable bonds is 12. The Morgan fingerprint density at radius 3 is 2.25 bits per heavy atom. The fourth-order valence-corrected chi connectivity index (χ4v) is 4.29. The van der Waals surface area contributed by atoms with Gasteiger partial charge < -0.3 is 15.0 Å². The molecule has 1 atom stereocenters. The van der Waals surface area contributed by atoms with Crippen LogP contribution in [0.5, 0.6) is 5.75 Å². The van der Waals surface area contributed by atoms with Crippen molar-refractivity contribution in [1.82, 2.24) is 10.2 Å². The Bertz CT molecular complexity index is 1120. The van der Waals surface area contributed by atoms with E-state index in [4.69, 9.17) is 27.9 Å². The number of amides is 2. The third-order valence-electron chi connectivity index (χ3n) is 5.87. The normalized spacial score (nSPS) is 11.6. The first-order valence-electron chi connectivity index (χ1n) is 12.1. The van der Waals surface area contributed by atoms with Crippen LogP contribution in [0.1, 0.15) is 36.5 Å². The molecule has 0 saturated heterocycles. The number of aryl methyl sites for hydroxylation is 1. The number of unbranched alkanes of at least 4 members (excludes halogenated alkanes) is 1. The molecular formula is C29H32Cl2N2O3. The second-order valence-corrected chi connectivity index (χ2v) is 9.49. The summed E-state index contributed by atoms with van der Waals surface area (Å²) in [6, 6.07) is 21.5. The summed E-state index contributed by atoms with van der Waals surface area (Å²) in [6.45, 7) is 4.43. The Morgan fingerprint density at radius 2 is 1.61 bits per heavy atom. The summed E-state index contributed by atoms with van der Waals surface area (Å²) in [4.78, 5) is 28.6. The van der Waals surface area contributed by atoms with Crippen molar-refractivity contribution in [1.29, 1.82) is 0 Å². The summed E-state index contributed by atoms with van der Waals surface area (Å²) in [5, 5.41) is 3.86. The molecule has 1 unspecified atom stereocenters. The highest BCUT2D eigenvalue weighted by atomic mass is 35.5. The van der Waals surface area contributed by atoms with Gasteiger partial charge in [0.15, 0.2) is 6.61 Å². The van der Waals surface area contributed by atoms with Crippen LogP contribution in [0, 0.1) is 6.92 Å². The van der Waals surface area contributed by atoms with Crippen molar-refractivity contribution in [2.45, 2.75) is 45.7 Å². The first-order chi connectivity index (χ1) is 17.4. The summed E-state index contributed by atoms with van der Waals surface area (Å²) in [7, 11) is 0. The molecule has 3 aromatic rings. The van der Waals surface area contributed by atoms with E-state index in [2.05, 4.69) is 12.2 Å². The Kier molecular flexibility index (Phi) is 10.6. The van der Waals surface area contributed by atoms with Gasteiger partial charge in [0, 0.05) is 35.1 Å². The van der Waals surface area contributed by atoms with E-state index < -0.39 is 6.04 Å². The lowest BCUT2D eigenvalue weighted by Crippen LogP contribution is -2.52. The van der Waals surface area contributed by atoms with Crippen molar-refractivity contribution in [3.63, 3.8) is 0 Å². The van der Waals surface area contributed by atoms with Gasteiger partial charge in [0.25, 0.3) is 5.91 Å². The fourth-order valence-electron chi connectivity index (χ4n) is 3.78. The predicted molar refractivity (Wildman–Crippen MR) is 146 cm³/mol. The number of nitrogens with zero attached hydrogens (tertiary/aromatic N) is 1. The lowest BCUT2D eigenvalue weighted by atomic mass is 10.0. The zero-order valence-electron chi connectivity index (χ0n) is 20.7. The third-order valence-corrected chi connectivity index (χ3v) is 6.58. The average Bonchev–Trinajstić information content (AvgIpc) is 2.88. The third kappa shape index (κ3) is 8.00. The number of hydrogen-bond donors (Lipinski definition) is 1. The monoisotopic (exact) mass is 526 g/mol. The number of hydrogen-bond acceptors (Lipinski definition) is 3. The van der Waals surface area contributed by atoms with Gasteiger partial charge in [-0.15, -0.1) is 0 Å². The second kappa shape index (κ2) is 13.9. The van der Waals surface area contributed by atoms with Crippen LogP contribution >= 0.6 is 23.2 Å². The van der Waals surface area contributed by atoms with Crippen LogP contribution in [-0.4, -0.2) is 35.9 Å². The first-order valence-corrected chi connectivity index (χ1v) is 12.9. The Balaban J connectivity index is 1.92. The molecule has 0 aliphatic rings. The van der Waals surface area contributed by atoms with E-state index >= 15 is 0 Å². The largest absolute Gasteiger partial charge is 0.484 e. The van der Waals surface area contributed by atoms with Gasteiger partial charge >= 0.3 is 0 Å². The molecule has 190 valence electrons. The Hall–Kier alpha value is -3.02. The smallest absolute Gasteiger partial charge is 0.261 e. The van der Waals surface area contributed by atoms with Crippen molar-refractivity contribution in [3.8, 4) is 5.75 Å². The standard InChI is InChI=1S/C29H32Cl2N2O3/c1-3-4-17-32-29(35)27(18-22-9-6-5-7-10-22)33(19-24-25(30)11-8-12-26(24)31)28(34)20-36-23-15-13-21(2)14-16-23/h5-16,27H,3-4,17-20H2,1-2H3,(H,32,35). The molecule has 5 nitrogen and oxygen atoms in total. The molecule has 36 heavy (non-hydrogen) atoms. The molecule has 0 aliphatic heterocycles. The van der Waals surface area contributed by atoms with Gasteiger partial charge in [-0.25, -0.2) is 0 Å². The Morgan fingerprint density at radius 1 is 0.944 bits per heavy atom. The van der Waals surface area contributed by atoms with Crippen molar-refractivity contribution < 1.29 is 14.3 Å². The van der Waals surface area contributed by atoms with Crippen LogP contribution < -0.4 is 10.1 Å². The number of ether oxygens (including phenoxy) is 1. The summed E-state index contributed by atoms with van der Waals surface area (Å²) in [6.07, 6.45) is 2.15. The molecule has 0 aromatic heterocycles. The molecule has 0 aliphatic carbocycles. The van der Waals surface area contributed by atoms with Gasteiger partial charge in [0.1, 0.15) is 11.8 Å². The van der Waals surface area contributed by atoms with E-state index in [0.29, 0.717) is 34.3 Å². The van der Waals surface area contributed by atoms with Crippen LogP contribution in [0.25, 0.3) is 0 Å². The summed E-state index contributed by atoms with van der Waals surface area (Å²) >= 11 is 12.9. The first kappa shape index (κ1) is 27.6. The zero-order chi connectivity index (χ0) is 25.9. The molecule has 2 amide bonds. The van der Waals surface area contributed by atoms with Crippen molar-refractivity contribution in [2.75, 3.05) is 13.2 Å². The number of benzene rings is 3. The number of carbonyl (C=O) groups excluding carboxylic acids is 2. The van der Waals surface area contributed by atoms with Gasteiger partial charge in [0.2, 0.25) is 5.91 Å². The second-order valence-electron chi connectivity index (χ2n) is 8.67. The number of nitrogens with one attached hydrogen (secondary N) is 1. The minimum Gasteiger partial charge on any atom is -0.484 e. The molecule has 3 aromatic carbocycles. The maximum absolute atomic E-state index is 13.6. The fraction of sp³-hybridized carbons (Fsp3) is 0.310. The predicted octanol–water partition coefficient (Wildman–Crippen LogP) is 6.24. The van der Waals surface area contributed by atoms with Gasteiger partial charge in [-0.1, -0.05) is 90.6 Å². The number of halogens is 2. The molecule has 0 saturated carbocycles. The lowest BCUT2D eigenvalue weighted by molar-refractivity contribution is -0.142. The molecule has 0 heterocycles. The molecule has 0 spiro atoms. The summed E-state index contributed by atoms with van der Waals surface area (Å²) < 4.78 is 5.79. The quantitative estimate of drug-likeness (QED) is 0.284. The van der Waals surface area contributed by atoms with Crippen molar-refractivity contribution >= 4 is 35.0 Å². The summed E-state index contributed by atoms with van der Waals surface area (Å²) in [5.41, 5.74) is 2.62. The average molecular weight is 527 g/mol. The highest BCUT2D eigenvalue weighted by Gasteiger charge is 2.31. The highest BCUT2D eigenvalue weighted by molar-refractivity contribution is 6.36. The topological polar surface area (TPSA) is 58.6 Å². The maximum Gasteiger partial charge on any atom is 0.261 e. The van der Waals surface area contributed by atoms with E-state index in [1.165, 1.54) is 4.90 Å². The lowest BCUT2D eigenvalue weighted by Gasteiger charge is -2.32. The van der Waals surface area contributed by atoms with Gasteiger partial charge in [-0.3, -0.25) is 9.59 Å². The van der Waals surface area contributed by atoms with E-state index in [9.17, 15) is 9.59 Å².